The summed E-state index contributed by atoms with van der Waals surface area (Å²) in [6, 6.07) is 7.98. The molecule has 0 bridgehead atoms. The third-order valence-corrected chi connectivity index (χ3v) is 4.21. The fourth-order valence-electron chi connectivity index (χ4n) is 2.68. The van der Waals surface area contributed by atoms with Gasteiger partial charge >= 0.3 is 0 Å². The molecule has 22 heavy (non-hydrogen) atoms. The molecule has 1 saturated heterocycles. The Morgan fingerprint density at radius 3 is 2.50 bits per heavy atom. The quantitative estimate of drug-likeness (QED) is 0.648. The van der Waals surface area contributed by atoms with Crippen LogP contribution in [0.3, 0.4) is 0 Å². The fraction of sp³-hybridized carbons (Fsp3) is 0.556. The number of amides is 2. The molecule has 0 spiro atoms. The smallest absolute Gasteiger partial charge is 0.234 e. The molecule has 2 amide bonds. The zero-order chi connectivity index (χ0) is 16.2. The number of rotatable bonds is 6. The van der Waals surface area contributed by atoms with Crippen molar-refractivity contribution in [2.75, 3.05) is 6.61 Å². The van der Waals surface area contributed by atoms with E-state index in [0.29, 0.717) is 12.8 Å². The van der Waals surface area contributed by atoms with Crippen molar-refractivity contribution in [1.82, 2.24) is 5.32 Å². The average molecular weight is 303 g/mol. The Kier molecular flexibility index (Phi) is 5.35. The van der Waals surface area contributed by atoms with E-state index in [9.17, 15) is 9.59 Å². The second-order valence-corrected chi connectivity index (χ2v) is 6.34. The van der Waals surface area contributed by atoms with Gasteiger partial charge in [0.15, 0.2) is 0 Å². The fourth-order valence-corrected chi connectivity index (χ4v) is 2.68. The molecule has 0 radical (unpaired) electrons. The Morgan fingerprint density at radius 1 is 1.23 bits per heavy atom. The minimum absolute atomic E-state index is 0.177. The molecule has 1 heterocycles. The number of piperidine rings is 1. The third-order valence-electron chi connectivity index (χ3n) is 4.21. The van der Waals surface area contributed by atoms with Crippen LogP contribution in [0.15, 0.2) is 24.3 Å². The van der Waals surface area contributed by atoms with Crippen LogP contribution in [0.4, 0.5) is 0 Å². The first-order valence-corrected chi connectivity index (χ1v) is 8.02. The first-order chi connectivity index (χ1) is 10.4. The van der Waals surface area contributed by atoms with Crippen LogP contribution in [-0.2, 0) is 19.9 Å². The van der Waals surface area contributed by atoms with Crippen molar-refractivity contribution >= 4 is 11.8 Å². The van der Waals surface area contributed by atoms with Gasteiger partial charge < -0.3 is 4.74 Å². The topological polar surface area (TPSA) is 55.4 Å². The number of ether oxygens (including phenoxy) is 1. The molecule has 1 aliphatic rings. The molecule has 1 aliphatic heterocycles. The van der Waals surface area contributed by atoms with Crippen LogP contribution in [0.1, 0.15) is 63.5 Å². The van der Waals surface area contributed by atoms with Gasteiger partial charge in [-0.1, -0.05) is 37.6 Å². The number of benzene rings is 1. The third kappa shape index (κ3) is 3.95. The summed E-state index contributed by atoms with van der Waals surface area (Å²) in [7, 11) is 0. The number of hydrogen-bond acceptors (Lipinski definition) is 3. The van der Waals surface area contributed by atoms with Crippen molar-refractivity contribution in [2.45, 2.75) is 58.0 Å². The number of carbonyl (C=O) groups excluding carboxylic acids is 2. The van der Waals surface area contributed by atoms with E-state index in [1.54, 1.807) is 0 Å². The van der Waals surface area contributed by atoms with Crippen molar-refractivity contribution in [3.05, 3.63) is 35.4 Å². The monoisotopic (exact) mass is 303 g/mol. The lowest BCUT2D eigenvalue weighted by atomic mass is 9.88. The summed E-state index contributed by atoms with van der Waals surface area (Å²) in [4.78, 5) is 23.1. The van der Waals surface area contributed by atoms with E-state index in [0.717, 1.165) is 30.6 Å². The molecule has 4 heteroatoms. The summed E-state index contributed by atoms with van der Waals surface area (Å²) in [5.74, 6) is -0.596. The van der Waals surface area contributed by atoms with Gasteiger partial charge in [0.25, 0.3) is 0 Å². The molecule has 1 aromatic carbocycles. The van der Waals surface area contributed by atoms with Crippen LogP contribution in [0.2, 0.25) is 0 Å². The van der Waals surface area contributed by atoms with Crippen molar-refractivity contribution in [3.8, 4) is 0 Å². The zero-order valence-corrected chi connectivity index (χ0v) is 13.6. The standard InChI is InChI=1S/C18H25NO3/c1-4-5-12-22-18(2,3)14-8-6-13(7-9-14)15-10-11-16(20)19-17(15)21/h6-9,15H,4-5,10-12H2,1-3H3,(H,19,20,21). The van der Waals surface area contributed by atoms with Crippen LogP contribution in [-0.4, -0.2) is 18.4 Å². The van der Waals surface area contributed by atoms with Gasteiger partial charge in [0.1, 0.15) is 0 Å². The van der Waals surface area contributed by atoms with E-state index in [2.05, 4.69) is 26.1 Å². The predicted octanol–water partition coefficient (Wildman–Crippen LogP) is 3.26. The molecule has 120 valence electrons. The highest BCUT2D eigenvalue weighted by molar-refractivity contribution is 6.00. The Bertz CT molecular complexity index is 534. The molecule has 0 aromatic heterocycles. The first-order valence-electron chi connectivity index (χ1n) is 8.02. The lowest BCUT2D eigenvalue weighted by Crippen LogP contribution is -2.39. The molecule has 1 fully saturated rings. The van der Waals surface area contributed by atoms with Crippen molar-refractivity contribution in [2.24, 2.45) is 0 Å². The van der Waals surface area contributed by atoms with Crippen LogP contribution >= 0.6 is 0 Å². The lowest BCUT2D eigenvalue weighted by molar-refractivity contribution is -0.134. The van der Waals surface area contributed by atoms with Gasteiger partial charge in [0, 0.05) is 13.0 Å². The molecular weight excluding hydrogens is 278 g/mol. The zero-order valence-electron chi connectivity index (χ0n) is 13.6. The minimum Gasteiger partial charge on any atom is -0.371 e. The number of nitrogens with one attached hydrogen (secondary N) is 1. The maximum atomic E-state index is 11.9. The Morgan fingerprint density at radius 2 is 1.91 bits per heavy atom. The summed E-state index contributed by atoms with van der Waals surface area (Å²) in [5, 5.41) is 2.40. The van der Waals surface area contributed by atoms with E-state index < -0.39 is 0 Å². The van der Waals surface area contributed by atoms with E-state index >= 15 is 0 Å². The SMILES string of the molecule is CCCCOC(C)(C)c1ccc(C2CCC(=O)NC2=O)cc1. The van der Waals surface area contributed by atoms with Gasteiger partial charge in [0.2, 0.25) is 11.8 Å². The molecule has 2 rings (SSSR count). The van der Waals surface area contributed by atoms with Gasteiger partial charge in [-0.3, -0.25) is 14.9 Å². The predicted molar refractivity (Wildman–Crippen MR) is 85.5 cm³/mol. The minimum atomic E-state index is -0.335. The number of carbonyl (C=O) groups is 2. The molecule has 4 nitrogen and oxygen atoms in total. The summed E-state index contributed by atoms with van der Waals surface area (Å²) in [6.45, 7) is 7.01. The van der Waals surface area contributed by atoms with E-state index in [1.807, 2.05) is 24.3 Å². The molecule has 0 saturated carbocycles. The summed E-state index contributed by atoms with van der Waals surface area (Å²) in [6.07, 6.45) is 3.16. The Labute approximate surface area is 132 Å². The maximum absolute atomic E-state index is 11.9. The van der Waals surface area contributed by atoms with Crippen molar-refractivity contribution in [3.63, 3.8) is 0 Å². The molecule has 1 unspecified atom stereocenters. The molecule has 1 atom stereocenters. The molecule has 1 aromatic rings. The molecule has 1 N–H and O–H groups in total. The average Bonchev–Trinajstić information content (AvgIpc) is 2.47. The van der Waals surface area contributed by atoms with Gasteiger partial charge in [-0.15, -0.1) is 0 Å². The van der Waals surface area contributed by atoms with Gasteiger partial charge in [0.05, 0.1) is 11.5 Å². The second kappa shape index (κ2) is 7.05. The maximum Gasteiger partial charge on any atom is 0.234 e. The highest BCUT2D eigenvalue weighted by Gasteiger charge is 2.28. The van der Waals surface area contributed by atoms with E-state index in [1.165, 1.54) is 0 Å². The summed E-state index contributed by atoms with van der Waals surface area (Å²) in [5.41, 5.74) is 1.72. The van der Waals surface area contributed by atoms with Crippen LogP contribution in [0.5, 0.6) is 0 Å². The van der Waals surface area contributed by atoms with Gasteiger partial charge in [-0.25, -0.2) is 0 Å². The molecule has 0 aliphatic carbocycles. The van der Waals surface area contributed by atoms with Gasteiger partial charge in [-0.2, -0.15) is 0 Å². The largest absolute Gasteiger partial charge is 0.371 e. The van der Waals surface area contributed by atoms with E-state index in [-0.39, 0.29) is 23.3 Å². The van der Waals surface area contributed by atoms with Crippen LogP contribution in [0.25, 0.3) is 0 Å². The van der Waals surface area contributed by atoms with Gasteiger partial charge in [-0.05, 0) is 37.8 Å². The summed E-state index contributed by atoms with van der Waals surface area (Å²) >= 11 is 0. The van der Waals surface area contributed by atoms with Crippen molar-refractivity contribution < 1.29 is 14.3 Å². The number of hydrogen-bond donors (Lipinski definition) is 1. The number of imide groups is 1. The highest BCUT2D eigenvalue weighted by Crippen LogP contribution is 2.29. The highest BCUT2D eigenvalue weighted by atomic mass is 16.5. The van der Waals surface area contributed by atoms with E-state index in [4.69, 9.17) is 4.74 Å². The van der Waals surface area contributed by atoms with Crippen LogP contribution < -0.4 is 5.32 Å². The van der Waals surface area contributed by atoms with Crippen molar-refractivity contribution in [1.29, 1.82) is 0 Å². The summed E-state index contributed by atoms with van der Waals surface area (Å²) < 4.78 is 5.95. The second-order valence-electron chi connectivity index (χ2n) is 6.34. The number of unbranched alkanes of at least 4 members (excludes halogenated alkanes) is 1. The normalized spacial score (nSPS) is 19.1. The Balaban J connectivity index is 2.06. The van der Waals surface area contributed by atoms with Crippen LogP contribution in [0, 0.1) is 0 Å². The first kappa shape index (κ1) is 16.7. The lowest BCUT2D eigenvalue weighted by Gasteiger charge is -2.27. The molecular formula is C18H25NO3. The Hall–Kier alpha value is -1.68.